The first-order valence-corrected chi connectivity index (χ1v) is 10.4. The Hall–Kier alpha value is -3.72. The third kappa shape index (κ3) is 6.65. The number of urea groups is 1. The summed E-state index contributed by atoms with van der Waals surface area (Å²) in [5, 5.41) is 10.4. The molecule has 3 aromatic rings. The number of ether oxygens (including phenoxy) is 1. The molecule has 8 nitrogen and oxygen atoms in total. The van der Waals surface area contributed by atoms with Crippen molar-refractivity contribution in [3.63, 3.8) is 0 Å². The zero-order valence-electron chi connectivity index (χ0n) is 17.1. The number of rotatable bonds is 8. The molecule has 0 atom stereocenters. The van der Waals surface area contributed by atoms with E-state index in [0.717, 1.165) is 0 Å². The van der Waals surface area contributed by atoms with E-state index in [4.69, 9.17) is 4.74 Å². The molecule has 0 saturated carbocycles. The van der Waals surface area contributed by atoms with Crippen LogP contribution in [0.25, 0.3) is 0 Å². The van der Waals surface area contributed by atoms with E-state index in [9.17, 15) is 14.4 Å². The lowest BCUT2D eigenvalue weighted by molar-refractivity contribution is -0.116. The van der Waals surface area contributed by atoms with E-state index >= 15 is 0 Å². The molecule has 0 aliphatic heterocycles. The number of benzene rings is 2. The summed E-state index contributed by atoms with van der Waals surface area (Å²) in [4.78, 5) is 40.1. The molecule has 1 heterocycles. The number of hydrogen-bond donors (Lipinski definition) is 3. The smallest absolute Gasteiger partial charge is 0.325 e. The molecular formula is C22H22N4O4S. The Morgan fingerprint density at radius 2 is 1.77 bits per heavy atom. The Morgan fingerprint density at radius 1 is 1.00 bits per heavy atom. The van der Waals surface area contributed by atoms with Crippen molar-refractivity contribution in [1.29, 1.82) is 0 Å². The van der Waals surface area contributed by atoms with Gasteiger partial charge in [-0.2, -0.15) is 0 Å². The summed E-state index contributed by atoms with van der Waals surface area (Å²) < 4.78 is 5.08. The fraction of sp³-hybridized carbons (Fsp3) is 0.182. The second-order valence-electron chi connectivity index (χ2n) is 6.64. The Labute approximate surface area is 183 Å². The minimum Gasteiger partial charge on any atom is -0.497 e. The van der Waals surface area contributed by atoms with E-state index in [2.05, 4.69) is 20.9 Å². The Bertz CT molecular complexity index is 1080. The number of hydrogen-bond acceptors (Lipinski definition) is 6. The van der Waals surface area contributed by atoms with Crippen LogP contribution < -0.4 is 20.7 Å². The predicted molar refractivity (Wildman–Crippen MR) is 121 cm³/mol. The molecular weight excluding hydrogens is 416 g/mol. The zero-order chi connectivity index (χ0) is 22.2. The lowest BCUT2D eigenvalue weighted by atomic mass is 10.1. The highest BCUT2D eigenvalue weighted by molar-refractivity contribution is 7.13. The van der Waals surface area contributed by atoms with Crippen LogP contribution in [0, 0.1) is 0 Å². The van der Waals surface area contributed by atoms with Gasteiger partial charge in [-0.1, -0.05) is 12.1 Å². The predicted octanol–water partition coefficient (Wildman–Crippen LogP) is 4.57. The van der Waals surface area contributed by atoms with Crippen molar-refractivity contribution in [1.82, 2.24) is 4.98 Å². The van der Waals surface area contributed by atoms with E-state index in [1.165, 1.54) is 18.3 Å². The molecule has 0 spiro atoms. The van der Waals surface area contributed by atoms with Crippen LogP contribution in [0.2, 0.25) is 0 Å². The van der Waals surface area contributed by atoms with Crippen LogP contribution in [-0.2, 0) is 11.2 Å². The number of methoxy groups -OCH3 is 1. The second-order valence-corrected chi connectivity index (χ2v) is 7.49. The number of aromatic nitrogens is 1. The summed E-state index contributed by atoms with van der Waals surface area (Å²) in [6, 6.07) is 13.4. The van der Waals surface area contributed by atoms with Gasteiger partial charge in [0.15, 0.2) is 10.9 Å². The van der Waals surface area contributed by atoms with Gasteiger partial charge in [0.05, 0.1) is 12.8 Å². The van der Waals surface area contributed by atoms with Gasteiger partial charge in [0.25, 0.3) is 0 Å². The maximum absolute atomic E-state index is 12.2. The van der Waals surface area contributed by atoms with Crippen molar-refractivity contribution >= 4 is 45.6 Å². The van der Waals surface area contributed by atoms with Gasteiger partial charge in [0, 0.05) is 28.7 Å². The minimum atomic E-state index is -0.408. The molecule has 9 heteroatoms. The van der Waals surface area contributed by atoms with Gasteiger partial charge >= 0.3 is 6.03 Å². The maximum atomic E-state index is 12.2. The number of ketones is 1. The first-order valence-electron chi connectivity index (χ1n) is 9.50. The van der Waals surface area contributed by atoms with Crippen molar-refractivity contribution < 1.29 is 19.1 Å². The highest BCUT2D eigenvalue weighted by Gasteiger charge is 2.10. The third-order valence-corrected chi connectivity index (χ3v) is 5.09. The summed E-state index contributed by atoms with van der Waals surface area (Å²) in [6.07, 6.45) is 0.655. The van der Waals surface area contributed by atoms with Gasteiger partial charge in [-0.3, -0.25) is 14.9 Å². The quantitative estimate of drug-likeness (QED) is 0.446. The Balaban J connectivity index is 1.46. The van der Waals surface area contributed by atoms with Crippen LogP contribution in [-0.4, -0.2) is 29.8 Å². The Morgan fingerprint density at radius 3 is 2.48 bits per heavy atom. The van der Waals surface area contributed by atoms with E-state index < -0.39 is 6.03 Å². The number of amides is 3. The number of nitrogens with zero attached hydrogens (tertiary/aromatic N) is 1. The van der Waals surface area contributed by atoms with Crippen molar-refractivity contribution in [3.05, 3.63) is 65.2 Å². The summed E-state index contributed by atoms with van der Waals surface area (Å²) in [6.45, 7) is 1.48. The number of anilines is 3. The first kappa shape index (κ1) is 22.0. The van der Waals surface area contributed by atoms with E-state index in [1.54, 1.807) is 61.0 Å². The number of nitrogens with one attached hydrogen (secondary N) is 3. The molecule has 0 fully saturated rings. The lowest BCUT2D eigenvalue weighted by Crippen LogP contribution is -2.19. The highest BCUT2D eigenvalue weighted by Crippen LogP contribution is 2.19. The van der Waals surface area contributed by atoms with Crippen molar-refractivity contribution in [2.45, 2.75) is 19.8 Å². The molecule has 1 aromatic heterocycles. The third-order valence-electron chi connectivity index (χ3n) is 4.28. The molecule has 0 bridgehead atoms. The maximum Gasteiger partial charge on any atom is 0.325 e. The fourth-order valence-corrected chi connectivity index (χ4v) is 3.43. The van der Waals surface area contributed by atoms with Crippen LogP contribution in [0.3, 0.4) is 0 Å². The van der Waals surface area contributed by atoms with Crippen molar-refractivity contribution in [2.24, 2.45) is 0 Å². The van der Waals surface area contributed by atoms with Crippen LogP contribution in [0.15, 0.2) is 53.9 Å². The fourth-order valence-electron chi connectivity index (χ4n) is 2.69. The summed E-state index contributed by atoms with van der Waals surface area (Å²) in [5.41, 5.74) is 2.45. The molecule has 2 aromatic carbocycles. The van der Waals surface area contributed by atoms with E-state index in [1.807, 2.05) is 0 Å². The zero-order valence-corrected chi connectivity index (χ0v) is 17.9. The molecule has 31 heavy (non-hydrogen) atoms. The Kier molecular flexibility index (Phi) is 7.34. The number of thiazole rings is 1. The second kappa shape index (κ2) is 10.4. The number of carbonyl (C=O) groups excluding carboxylic acids is 3. The average Bonchev–Trinajstić information content (AvgIpc) is 3.20. The molecule has 3 rings (SSSR count). The van der Waals surface area contributed by atoms with Crippen LogP contribution >= 0.6 is 11.3 Å². The van der Waals surface area contributed by atoms with E-state index in [0.29, 0.717) is 39.9 Å². The topological polar surface area (TPSA) is 109 Å². The molecule has 0 unspecified atom stereocenters. The molecule has 0 saturated heterocycles. The van der Waals surface area contributed by atoms with Gasteiger partial charge in [0.1, 0.15) is 5.75 Å². The molecule has 3 N–H and O–H groups in total. The van der Waals surface area contributed by atoms with Gasteiger partial charge in [-0.15, -0.1) is 11.3 Å². The normalized spacial score (nSPS) is 10.3. The summed E-state index contributed by atoms with van der Waals surface area (Å²) >= 11 is 1.28. The largest absolute Gasteiger partial charge is 0.497 e. The molecule has 160 valence electrons. The number of aryl methyl sites for hydroxylation is 1. The van der Waals surface area contributed by atoms with Crippen LogP contribution in [0.5, 0.6) is 5.75 Å². The average molecular weight is 439 g/mol. The minimum absolute atomic E-state index is 0.0605. The summed E-state index contributed by atoms with van der Waals surface area (Å²) in [7, 11) is 1.57. The summed E-state index contributed by atoms with van der Waals surface area (Å²) in [5.74, 6) is 0.459. The number of carbonyl (C=O) groups is 3. The van der Waals surface area contributed by atoms with Gasteiger partial charge in [-0.05, 0) is 49.7 Å². The van der Waals surface area contributed by atoms with Gasteiger partial charge in [0.2, 0.25) is 5.91 Å². The van der Waals surface area contributed by atoms with Crippen LogP contribution in [0.1, 0.15) is 29.4 Å². The molecule has 0 aliphatic carbocycles. The highest BCUT2D eigenvalue weighted by atomic mass is 32.1. The van der Waals surface area contributed by atoms with Gasteiger partial charge in [-0.25, -0.2) is 9.78 Å². The SMILES string of the molecule is COc1ccc(NC(=O)Nc2nc(CCC(=O)Nc3cccc(C(C)=O)c3)cs2)cc1. The first-order chi connectivity index (χ1) is 14.9. The van der Waals surface area contributed by atoms with Crippen LogP contribution in [0.4, 0.5) is 21.3 Å². The van der Waals surface area contributed by atoms with E-state index in [-0.39, 0.29) is 18.1 Å². The lowest BCUT2D eigenvalue weighted by Gasteiger charge is -2.06. The standard InChI is InChI=1S/C22H22N4O4S/c1-14(27)15-4-3-5-17(12-15)23-20(28)11-8-18-13-31-22(25-18)26-21(29)24-16-6-9-19(30-2)10-7-16/h3-7,9-10,12-13H,8,11H2,1-2H3,(H,23,28)(H2,24,25,26,29). The van der Waals surface area contributed by atoms with Crippen molar-refractivity contribution in [2.75, 3.05) is 23.1 Å². The number of Topliss-reactive ketones (excluding diaryl/α,β-unsaturated/α-hetero) is 1. The molecule has 3 amide bonds. The molecule has 0 radical (unpaired) electrons. The molecule has 0 aliphatic rings. The van der Waals surface area contributed by atoms with Crippen molar-refractivity contribution in [3.8, 4) is 5.75 Å². The van der Waals surface area contributed by atoms with Gasteiger partial charge < -0.3 is 15.4 Å². The monoisotopic (exact) mass is 438 g/mol.